The molecule has 1 heterocycles. The molecule has 0 amide bonds. The molecule has 2 N–H and O–H groups in total. The van der Waals surface area contributed by atoms with E-state index in [2.05, 4.69) is 35.8 Å². The summed E-state index contributed by atoms with van der Waals surface area (Å²) in [5.74, 6) is 1.31. The molecule has 1 aromatic heterocycles. The molecule has 0 saturated heterocycles. The molecule has 3 aromatic carbocycles. The normalized spacial score (nSPS) is 10.6. The van der Waals surface area contributed by atoms with Crippen LogP contribution in [0.5, 0.6) is 11.5 Å². The van der Waals surface area contributed by atoms with E-state index in [4.69, 9.17) is 26.7 Å². The van der Waals surface area contributed by atoms with Crippen LogP contribution in [-0.4, -0.2) is 24.3 Å². The summed E-state index contributed by atoms with van der Waals surface area (Å²) in [7, 11) is 3.21. The number of aromatic nitrogens is 1. The van der Waals surface area contributed by atoms with Gasteiger partial charge in [-0.25, -0.2) is 4.98 Å². The molecule has 0 atom stereocenters. The quantitative estimate of drug-likeness (QED) is 0.370. The second kappa shape index (κ2) is 8.69. The molecule has 4 aromatic rings. The third-order valence-electron chi connectivity index (χ3n) is 4.58. The fourth-order valence-electron chi connectivity index (χ4n) is 3.06. The van der Waals surface area contributed by atoms with E-state index in [0.717, 1.165) is 27.5 Å². The minimum atomic E-state index is 0.491. The number of methoxy groups -OCH3 is 2. The van der Waals surface area contributed by atoms with Crippen molar-refractivity contribution in [3.8, 4) is 22.1 Å². The number of thiazole rings is 1. The minimum absolute atomic E-state index is 0.491. The van der Waals surface area contributed by atoms with Gasteiger partial charge < -0.3 is 20.1 Å². The van der Waals surface area contributed by atoms with E-state index in [1.165, 1.54) is 10.3 Å². The molecule has 4 rings (SSSR count). The van der Waals surface area contributed by atoms with E-state index in [1.54, 1.807) is 25.6 Å². The minimum Gasteiger partial charge on any atom is -0.493 e. The summed E-state index contributed by atoms with van der Waals surface area (Å²) in [6, 6.07) is 20.0. The number of aryl methyl sites for hydroxylation is 1. The van der Waals surface area contributed by atoms with E-state index in [-0.39, 0.29) is 0 Å². The summed E-state index contributed by atoms with van der Waals surface area (Å²) in [5, 5.41) is 7.86. The molecule has 0 radical (unpaired) electrons. The van der Waals surface area contributed by atoms with Crippen LogP contribution in [0, 0.1) is 6.92 Å². The van der Waals surface area contributed by atoms with Crippen molar-refractivity contribution in [2.24, 2.45) is 0 Å². The van der Waals surface area contributed by atoms with Gasteiger partial charge in [0.05, 0.1) is 24.4 Å². The standard InChI is InChI=1S/C23H21N3O2S2/c1-14-4-10-18-21(12-14)30-22(26-18)15-5-7-16(8-6-15)24-23(29)25-17-9-11-19(27-2)20(13-17)28-3/h4-13H,1-3H3,(H2,24,25,29). The summed E-state index contributed by atoms with van der Waals surface area (Å²) in [5.41, 5.74) is 5.06. The van der Waals surface area contributed by atoms with E-state index in [0.29, 0.717) is 16.6 Å². The summed E-state index contributed by atoms with van der Waals surface area (Å²) >= 11 is 7.14. The summed E-state index contributed by atoms with van der Waals surface area (Å²) in [6.45, 7) is 2.10. The van der Waals surface area contributed by atoms with Gasteiger partial charge in [0.25, 0.3) is 0 Å². The first-order chi connectivity index (χ1) is 14.6. The van der Waals surface area contributed by atoms with Gasteiger partial charge in [0.15, 0.2) is 16.6 Å². The zero-order valence-electron chi connectivity index (χ0n) is 16.9. The highest BCUT2D eigenvalue weighted by Crippen LogP contribution is 2.32. The molecule has 5 nitrogen and oxygen atoms in total. The van der Waals surface area contributed by atoms with Gasteiger partial charge in [-0.1, -0.05) is 6.07 Å². The Hall–Kier alpha value is -3.16. The Morgan fingerprint density at radius 2 is 1.57 bits per heavy atom. The molecule has 0 fully saturated rings. The Morgan fingerprint density at radius 1 is 0.867 bits per heavy atom. The van der Waals surface area contributed by atoms with Gasteiger partial charge in [0.2, 0.25) is 0 Å². The van der Waals surface area contributed by atoms with Gasteiger partial charge in [0.1, 0.15) is 5.01 Å². The Kier molecular flexibility index (Phi) is 5.83. The Morgan fingerprint density at radius 3 is 2.30 bits per heavy atom. The van der Waals surface area contributed by atoms with Gasteiger partial charge in [0, 0.05) is 23.0 Å². The molecule has 30 heavy (non-hydrogen) atoms. The van der Waals surface area contributed by atoms with Crippen molar-refractivity contribution in [3.05, 3.63) is 66.2 Å². The first kappa shape index (κ1) is 20.1. The maximum Gasteiger partial charge on any atom is 0.175 e. The van der Waals surface area contributed by atoms with Crippen molar-refractivity contribution in [2.75, 3.05) is 24.9 Å². The summed E-state index contributed by atoms with van der Waals surface area (Å²) in [4.78, 5) is 4.74. The lowest BCUT2D eigenvalue weighted by molar-refractivity contribution is 0.355. The van der Waals surface area contributed by atoms with E-state index >= 15 is 0 Å². The van der Waals surface area contributed by atoms with E-state index < -0.39 is 0 Å². The predicted molar refractivity (Wildman–Crippen MR) is 129 cm³/mol. The maximum absolute atomic E-state index is 5.44. The van der Waals surface area contributed by atoms with Crippen LogP contribution in [0.15, 0.2) is 60.7 Å². The number of anilines is 2. The number of thiocarbonyl (C=S) groups is 1. The van der Waals surface area contributed by atoms with Gasteiger partial charge in [-0.3, -0.25) is 0 Å². The fraction of sp³-hybridized carbons (Fsp3) is 0.130. The number of nitrogens with one attached hydrogen (secondary N) is 2. The van der Waals surface area contributed by atoms with Crippen molar-refractivity contribution in [3.63, 3.8) is 0 Å². The topological polar surface area (TPSA) is 55.4 Å². The van der Waals surface area contributed by atoms with Crippen LogP contribution in [0.2, 0.25) is 0 Å². The average molecular weight is 436 g/mol. The molecular formula is C23H21N3O2S2. The molecule has 0 saturated carbocycles. The van der Waals surface area contributed by atoms with Crippen molar-refractivity contribution in [1.82, 2.24) is 4.98 Å². The first-order valence-corrected chi connectivity index (χ1v) is 10.6. The third kappa shape index (κ3) is 4.37. The lowest BCUT2D eigenvalue weighted by Gasteiger charge is -2.13. The molecule has 0 aliphatic heterocycles. The molecule has 0 aliphatic carbocycles. The number of fused-ring (bicyclic) bond motifs is 1. The summed E-state index contributed by atoms with van der Waals surface area (Å²) in [6.07, 6.45) is 0. The zero-order chi connectivity index (χ0) is 21.1. The van der Waals surface area contributed by atoms with Crippen LogP contribution in [0.1, 0.15) is 5.56 Å². The number of hydrogen-bond acceptors (Lipinski definition) is 5. The molecule has 0 unspecified atom stereocenters. The van der Waals surface area contributed by atoms with Crippen LogP contribution in [0.4, 0.5) is 11.4 Å². The van der Waals surface area contributed by atoms with Crippen LogP contribution in [0.3, 0.4) is 0 Å². The van der Waals surface area contributed by atoms with Gasteiger partial charge in [-0.15, -0.1) is 11.3 Å². The molecule has 0 aliphatic rings. The smallest absolute Gasteiger partial charge is 0.175 e. The number of nitrogens with zero attached hydrogens (tertiary/aromatic N) is 1. The highest BCUT2D eigenvalue weighted by molar-refractivity contribution is 7.80. The SMILES string of the molecule is COc1ccc(NC(=S)Nc2ccc(-c3nc4ccc(C)cc4s3)cc2)cc1OC. The molecule has 0 spiro atoms. The number of rotatable bonds is 5. The Bertz CT molecular complexity index is 1200. The number of ether oxygens (including phenoxy) is 2. The molecule has 0 bridgehead atoms. The summed E-state index contributed by atoms with van der Waals surface area (Å²) < 4.78 is 11.8. The second-order valence-electron chi connectivity index (χ2n) is 6.72. The number of benzene rings is 3. The van der Waals surface area contributed by atoms with Crippen molar-refractivity contribution >= 4 is 50.3 Å². The number of hydrogen-bond donors (Lipinski definition) is 2. The van der Waals surface area contributed by atoms with Crippen molar-refractivity contribution in [2.45, 2.75) is 6.92 Å². The highest BCUT2D eigenvalue weighted by Gasteiger charge is 2.08. The van der Waals surface area contributed by atoms with Crippen LogP contribution < -0.4 is 20.1 Å². The van der Waals surface area contributed by atoms with E-state index in [1.807, 2.05) is 42.5 Å². The highest BCUT2D eigenvalue weighted by atomic mass is 32.1. The van der Waals surface area contributed by atoms with Crippen LogP contribution in [0.25, 0.3) is 20.8 Å². The molecule has 7 heteroatoms. The Balaban J connectivity index is 1.44. The largest absolute Gasteiger partial charge is 0.493 e. The van der Waals surface area contributed by atoms with Crippen LogP contribution >= 0.6 is 23.6 Å². The molecule has 152 valence electrons. The first-order valence-electron chi connectivity index (χ1n) is 9.33. The van der Waals surface area contributed by atoms with Crippen LogP contribution in [-0.2, 0) is 0 Å². The zero-order valence-corrected chi connectivity index (χ0v) is 18.5. The Labute approximate surface area is 184 Å². The average Bonchev–Trinajstić information content (AvgIpc) is 3.17. The lowest BCUT2D eigenvalue weighted by Crippen LogP contribution is -2.19. The second-order valence-corrected chi connectivity index (χ2v) is 8.16. The maximum atomic E-state index is 5.44. The third-order valence-corrected chi connectivity index (χ3v) is 5.85. The van der Waals surface area contributed by atoms with Crippen molar-refractivity contribution in [1.29, 1.82) is 0 Å². The predicted octanol–water partition coefficient (Wildman–Crippen LogP) is 6.10. The van der Waals surface area contributed by atoms with Gasteiger partial charge in [-0.2, -0.15) is 0 Å². The molecular weight excluding hydrogens is 414 g/mol. The fourth-order valence-corrected chi connectivity index (χ4v) is 4.36. The van der Waals surface area contributed by atoms with Gasteiger partial charge in [-0.05, 0) is 73.2 Å². The monoisotopic (exact) mass is 435 g/mol. The van der Waals surface area contributed by atoms with E-state index in [9.17, 15) is 0 Å². The lowest BCUT2D eigenvalue weighted by atomic mass is 10.2. The van der Waals surface area contributed by atoms with Crippen molar-refractivity contribution < 1.29 is 9.47 Å². The van der Waals surface area contributed by atoms with Gasteiger partial charge >= 0.3 is 0 Å².